The average Bonchev–Trinajstić information content (AvgIpc) is 4.14. The van der Waals surface area contributed by atoms with E-state index in [0.717, 1.165) is 36.1 Å². The molecule has 4 heterocycles. The van der Waals surface area contributed by atoms with Crippen molar-refractivity contribution in [3.05, 3.63) is 35.9 Å². The molecule has 1 aromatic carbocycles. The lowest BCUT2D eigenvalue weighted by Gasteiger charge is -2.45. The quantitative estimate of drug-likeness (QED) is 0.240. The number of amides is 4. The maximum atomic E-state index is 15.3. The maximum absolute atomic E-state index is 15.3. The second-order valence-corrected chi connectivity index (χ2v) is 20.2. The number of hydrogen-bond acceptors (Lipinski definition) is 10. The number of benzene rings is 1. The zero-order valence-electron chi connectivity index (χ0n) is 35.6. The molecule has 1 saturated heterocycles. The molecular weight excluding hydrogens is 836 g/mol. The standard InChI is InChI=1S/C43H56F3N5O10S/c1-6-25-18-24(2)10-7-8-11-26-21-43(26,39(54)49-62(57,58)42(23-44)15-16-42)48-34(52)32-20-28(22-50(32)37(53)33(25)51(40(55)56)41(3,4)38(45)46)61-36-30-14-13-27(59-5)19-31(30)29-12-9-17-60-35(29)47-36/h8,11,13-14,19,24-26,28,32-33,38H,6-7,9-10,12,15-18,20-23H2,1-5H3,(H,48,52)(H,49,54)(H,55,56)/t24-,25+,26+,28+,32-,33-,43+/m0/s1. The number of carbonyl (C=O) groups excluding carboxylic acids is 3. The lowest BCUT2D eigenvalue weighted by atomic mass is 9.82. The van der Waals surface area contributed by atoms with Gasteiger partial charge in [0.25, 0.3) is 12.3 Å². The number of fused-ring (bicyclic) bond motifs is 5. The number of allylic oxidation sites excluding steroid dienone is 1. The minimum Gasteiger partial charge on any atom is -0.497 e. The molecule has 2 aromatic rings. The molecule has 5 aliphatic rings. The summed E-state index contributed by atoms with van der Waals surface area (Å²) in [4.78, 5) is 63.6. The van der Waals surface area contributed by atoms with Crippen LogP contribution in [0.5, 0.6) is 17.5 Å². The molecule has 0 spiro atoms. The molecule has 15 nitrogen and oxygen atoms in total. The Morgan fingerprint density at radius 2 is 1.94 bits per heavy atom. The van der Waals surface area contributed by atoms with Gasteiger partial charge in [0.2, 0.25) is 33.6 Å². The highest BCUT2D eigenvalue weighted by atomic mass is 32.2. The molecule has 3 N–H and O–H groups in total. The number of hydrogen-bond donors (Lipinski definition) is 3. The highest BCUT2D eigenvalue weighted by Crippen LogP contribution is 2.48. The highest BCUT2D eigenvalue weighted by molar-refractivity contribution is 7.91. The molecule has 62 heavy (non-hydrogen) atoms. The molecule has 0 radical (unpaired) electrons. The Kier molecular flexibility index (Phi) is 12.4. The van der Waals surface area contributed by atoms with Crippen molar-refractivity contribution >= 4 is 44.6 Å². The molecule has 4 amide bonds. The van der Waals surface area contributed by atoms with Gasteiger partial charge in [0.1, 0.15) is 46.4 Å². The third-order valence-electron chi connectivity index (χ3n) is 13.6. The van der Waals surface area contributed by atoms with Crippen LogP contribution in [0.3, 0.4) is 0 Å². The number of aryl methyl sites for hydroxylation is 1. The van der Waals surface area contributed by atoms with Crippen LogP contribution in [-0.4, -0.2) is 119 Å². The van der Waals surface area contributed by atoms with Crippen molar-refractivity contribution in [1.82, 2.24) is 24.8 Å². The number of halogens is 3. The maximum Gasteiger partial charge on any atom is 0.408 e. The number of methoxy groups -OCH3 is 1. The number of carboxylic acid groups (broad SMARTS) is 1. The van der Waals surface area contributed by atoms with E-state index in [0.29, 0.717) is 47.8 Å². The van der Waals surface area contributed by atoms with Crippen molar-refractivity contribution < 1.29 is 60.1 Å². The number of rotatable bonds is 11. The van der Waals surface area contributed by atoms with Crippen LogP contribution in [0.2, 0.25) is 0 Å². The molecule has 2 saturated carbocycles. The van der Waals surface area contributed by atoms with Gasteiger partial charge in [-0.15, -0.1) is 0 Å². The van der Waals surface area contributed by atoms with Gasteiger partial charge in [-0.05, 0) is 101 Å². The van der Waals surface area contributed by atoms with Crippen LogP contribution >= 0.6 is 0 Å². The number of alkyl halides is 3. The van der Waals surface area contributed by atoms with E-state index in [1.54, 1.807) is 25.1 Å². The van der Waals surface area contributed by atoms with Gasteiger partial charge in [-0.2, -0.15) is 4.98 Å². The Morgan fingerprint density at radius 3 is 2.58 bits per heavy atom. The molecule has 7 atom stereocenters. The molecule has 3 fully saturated rings. The van der Waals surface area contributed by atoms with Crippen molar-refractivity contribution in [2.75, 3.05) is 26.9 Å². The molecular formula is C43H56F3N5O10S. The zero-order chi connectivity index (χ0) is 44.9. The molecule has 0 unspecified atom stereocenters. The van der Waals surface area contributed by atoms with Crippen molar-refractivity contribution in [3.63, 3.8) is 0 Å². The largest absolute Gasteiger partial charge is 0.497 e. The van der Waals surface area contributed by atoms with E-state index in [1.807, 2.05) is 23.8 Å². The van der Waals surface area contributed by atoms with Crippen molar-refractivity contribution in [3.8, 4) is 17.5 Å². The van der Waals surface area contributed by atoms with Gasteiger partial charge in [-0.25, -0.2) is 26.4 Å². The molecule has 0 bridgehead atoms. The van der Waals surface area contributed by atoms with E-state index in [2.05, 4.69) is 5.32 Å². The summed E-state index contributed by atoms with van der Waals surface area (Å²) in [6.07, 6.45) is 0.437. The summed E-state index contributed by atoms with van der Waals surface area (Å²) in [6.45, 7) is 4.69. The minimum absolute atomic E-state index is 0.000230. The number of carbonyl (C=O) groups is 4. The lowest BCUT2D eigenvalue weighted by molar-refractivity contribution is -0.149. The third kappa shape index (κ3) is 8.25. The molecule has 3 aliphatic heterocycles. The topological polar surface area (TPSA) is 194 Å². The van der Waals surface area contributed by atoms with Gasteiger partial charge < -0.3 is 29.5 Å². The summed E-state index contributed by atoms with van der Waals surface area (Å²) in [5.74, 6) is -3.33. The van der Waals surface area contributed by atoms with Crippen LogP contribution in [-0.2, 0) is 30.8 Å². The Balaban J connectivity index is 1.31. The van der Waals surface area contributed by atoms with Gasteiger partial charge in [-0.1, -0.05) is 32.4 Å². The van der Waals surface area contributed by atoms with Crippen LogP contribution in [0, 0.1) is 17.8 Å². The monoisotopic (exact) mass is 891 g/mol. The summed E-state index contributed by atoms with van der Waals surface area (Å²) < 4.78 is 88.5. The van der Waals surface area contributed by atoms with Crippen molar-refractivity contribution in [2.24, 2.45) is 17.8 Å². The van der Waals surface area contributed by atoms with E-state index in [4.69, 9.17) is 19.2 Å². The van der Waals surface area contributed by atoms with E-state index < -0.39 is 92.8 Å². The van der Waals surface area contributed by atoms with Crippen LogP contribution < -0.4 is 24.2 Å². The summed E-state index contributed by atoms with van der Waals surface area (Å²) in [6, 6.07) is 2.21. The van der Waals surface area contributed by atoms with Crippen LogP contribution in [0.25, 0.3) is 10.8 Å². The molecule has 2 aliphatic carbocycles. The second-order valence-electron chi connectivity index (χ2n) is 18.1. The van der Waals surface area contributed by atoms with Gasteiger partial charge in [-0.3, -0.25) is 24.0 Å². The first-order valence-corrected chi connectivity index (χ1v) is 22.8. The van der Waals surface area contributed by atoms with Gasteiger partial charge >= 0.3 is 6.09 Å². The number of nitrogens with zero attached hydrogens (tertiary/aromatic N) is 3. The Morgan fingerprint density at radius 1 is 1.19 bits per heavy atom. The van der Waals surface area contributed by atoms with Gasteiger partial charge in [0.05, 0.1) is 20.3 Å². The first-order valence-electron chi connectivity index (χ1n) is 21.4. The number of aromatic nitrogens is 1. The minimum atomic E-state index is -4.49. The number of pyridine rings is 1. The van der Waals surface area contributed by atoms with Crippen LogP contribution in [0.1, 0.15) is 91.0 Å². The van der Waals surface area contributed by atoms with E-state index >= 15 is 4.79 Å². The van der Waals surface area contributed by atoms with Crippen LogP contribution in [0.15, 0.2) is 30.4 Å². The highest BCUT2D eigenvalue weighted by Gasteiger charge is 2.64. The van der Waals surface area contributed by atoms with E-state index in [-0.39, 0.29) is 56.9 Å². The average molecular weight is 892 g/mol. The van der Waals surface area contributed by atoms with E-state index in [9.17, 15) is 41.1 Å². The Labute approximate surface area is 359 Å². The SMILES string of the molecule is CC[C@@H]1C[C@@H](C)CCC=C[C@@H]2C[C@@]2(C(=O)NS(=O)(=O)C2(CF)CC2)NC(=O)[C@@H]2C[C@@H](Oc3nc4c(c5cc(OC)ccc35)CCCO4)CN2C(=O)[C@H]1N(C(=O)O)C(C)(C)C(F)F. The zero-order valence-corrected chi connectivity index (χ0v) is 36.4. The first-order chi connectivity index (χ1) is 29.3. The fourth-order valence-corrected chi connectivity index (χ4v) is 10.8. The number of sulfonamides is 1. The summed E-state index contributed by atoms with van der Waals surface area (Å²) >= 11 is 0. The smallest absolute Gasteiger partial charge is 0.408 e. The summed E-state index contributed by atoms with van der Waals surface area (Å²) in [7, 11) is -2.95. The predicted octanol–water partition coefficient (Wildman–Crippen LogP) is 5.53. The number of nitrogens with one attached hydrogen (secondary N) is 2. The van der Waals surface area contributed by atoms with Crippen molar-refractivity contribution in [1.29, 1.82) is 0 Å². The van der Waals surface area contributed by atoms with Gasteiger partial charge in [0.15, 0.2) is 0 Å². The summed E-state index contributed by atoms with van der Waals surface area (Å²) in [5.41, 5.74) is -3.29. The number of ether oxygens (including phenoxy) is 3. The second kappa shape index (κ2) is 17.1. The predicted molar refractivity (Wildman–Crippen MR) is 220 cm³/mol. The lowest BCUT2D eigenvalue weighted by Crippen LogP contribution is -2.65. The first kappa shape index (κ1) is 45.2. The van der Waals surface area contributed by atoms with Crippen molar-refractivity contribution in [2.45, 2.75) is 132 Å². The Hall–Kier alpha value is -4.81. The summed E-state index contributed by atoms with van der Waals surface area (Å²) in [5, 5.41) is 14.8. The molecule has 340 valence electrons. The Bertz CT molecular complexity index is 2240. The third-order valence-corrected chi connectivity index (χ3v) is 15.7. The van der Waals surface area contributed by atoms with Gasteiger partial charge in [0, 0.05) is 23.3 Å². The fraction of sp³-hybridized carbons (Fsp3) is 0.651. The normalized spacial score (nSPS) is 28.6. The van der Waals surface area contributed by atoms with Crippen LogP contribution in [0.4, 0.5) is 18.0 Å². The molecule has 19 heteroatoms. The molecule has 7 rings (SSSR count). The fourth-order valence-electron chi connectivity index (χ4n) is 9.36. The molecule has 1 aromatic heterocycles. The van der Waals surface area contributed by atoms with E-state index in [1.165, 1.54) is 7.11 Å².